The van der Waals surface area contributed by atoms with Crippen molar-refractivity contribution in [2.24, 2.45) is 7.05 Å². The zero-order valence-corrected chi connectivity index (χ0v) is 15.6. The molecular weight excluding hydrogens is 352 g/mol. The molecule has 1 aliphatic heterocycles. The van der Waals surface area contributed by atoms with Crippen molar-refractivity contribution >= 4 is 27.2 Å². The second-order valence-electron chi connectivity index (χ2n) is 6.54. The Kier molecular flexibility index (Phi) is 4.31. The number of carbonyl (C=O) groups is 1. The van der Waals surface area contributed by atoms with E-state index in [4.69, 9.17) is 0 Å². The topological polar surface area (TPSA) is 85.4 Å². The van der Waals surface area contributed by atoms with Crippen molar-refractivity contribution in [3.63, 3.8) is 0 Å². The molecule has 1 saturated heterocycles. The Morgan fingerprint density at radius 1 is 1.42 bits per heavy atom. The summed E-state index contributed by atoms with van der Waals surface area (Å²) in [6, 6.07) is 1.62. The molecule has 9 heteroatoms. The maximum absolute atomic E-state index is 12.5. The first-order valence-corrected chi connectivity index (χ1v) is 9.55. The molecule has 0 bridgehead atoms. The van der Waals surface area contributed by atoms with Gasteiger partial charge in [-0.25, -0.2) is 4.98 Å². The van der Waals surface area contributed by atoms with E-state index in [1.807, 2.05) is 6.92 Å². The van der Waals surface area contributed by atoms with Gasteiger partial charge in [0.2, 0.25) is 10.1 Å². The summed E-state index contributed by atoms with van der Waals surface area (Å²) in [5.41, 5.74) is 1.25. The highest BCUT2D eigenvalue weighted by molar-refractivity contribution is 7.20. The minimum atomic E-state index is -0.156. The molecule has 4 rings (SSSR count). The maximum atomic E-state index is 12.5. The number of hydrogen-bond donors (Lipinski definition) is 0. The molecule has 1 aliphatic rings. The molecule has 4 heterocycles. The van der Waals surface area contributed by atoms with Gasteiger partial charge in [0.1, 0.15) is 0 Å². The number of rotatable bonds is 5. The first kappa shape index (κ1) is 16.9. The summed E-state index contributed by atoms with van der Waals surface area (Å²) < 4.78 is 2.99. The van der Waals surface area contributed by atoms with Gasteiger partial charge in [0.25, 0.3) is 5.56 Å². The molecule has 1 unspecified atom stereocenters. The van der Waals surface area contributed by atoms with E-state index in [0.717, 1.165) is 30.2 Å². The summed E-state index contributed by atoms with van der Waals surface area (Å²) in [5.74, 6) is 0.0830. The number of carbonyl (C=O) groups excluding carboxylic acids is 1. The SMILES string of the molecule is CCc1cc(=O)n2nc(N3CCCC3CC(=O)c3cnn(C)c3)sc2n1. The Bertz CT molecular complexity index is 1020. The van der Waals surface area contributed by atoms with Gasteiger partial charge in [0, 0.05) is 44.0 Å². The molecule has 136 valence electrons. The third kappa shape index (κ3) is 3.03. The fourth-order valence-electron chi connectivity index (χ4n) is 3.34. The standard InChI is InChI=1S/C17H20N6O2S/c1-3-12-7-15(25)23-16(19-12)26-17(20-23)22-6-4-5-13(22)8-14(24)11-9-18-21(2)10-11/h7,9-10,13H,3-6,8H2,1-2H3. The Labute approximate surface area is 154 Å². The van der Waals surface area contributed by atoms with Gasteiger partial charge >= 0.3 is 0 Å². The van der Waals surface area contributed by atoms with Crippen molar-refractivity contribution in [2.45, 2.75) is 38.6 Å². The lowest BCUT2D eigenvalue weighted by molar-refractivity contribution is 0.0974. The summed E-state index contributed by atoms with van der Waals surface area (Å²) in [5, 5.41) is 9.29. The van der Waals surface area contributed by atoms with Gasteiger partial charge in [-0.1, -0.05) is 18.3 Å². The number of fused-ring (bicyclic) bond motifs is 1. The minimum absolute atomic E-state index is 0.0830. The van der Waals surface area contributed by atoms with E-state index in [1.54, 1.807) is 24.1 Å². The minimum Gasteiger partial charge on any atom is -0.343 e. The van der Waals surface area contributed by atoms with Crippen LogP contribution >= 0.6 is 11.3 Å². The van der Waals surface area contributed by atoms with Gasteiger partial charge < -0.3 is 4.90 Å². The number of hydrogen-bond acceptors (Lipinski definition) is 7. The normalized spacial score (nSPS) is 17.3. The third-order valence-electron chi connectivity index (χ3n) is 4.72. The van der Waals surface area contributed by atoms with E-state index >= 15 is 0 Å². The van der Waals surface area contributed by atoms with E-state index in [1.165, 1.54) is 21.9 Å². The Morgan fingerprint density at radius 3 is 3.00 bits per heavy atom. The molecule has 0 aromatic carbocycles. The van der Waals surface area contributed by atoms with Gasteiger partial charge in [-0.15, -0.1) is 5.10 Å². The molecule has 0 saturated carbocycles. The van der Waals surface area contributed by atoms with Crippen LogP contribution in [-0.4, -0.2) is 42.7 Å². The predicted octanol–water partition coefficient (Wildman–Crippen LogP) is 1.69. The van der Waals surface area contributed by atoms with Crippen LogP contribution in [0.15, 0.2) is 23.3 Å². The highest BCUT2D eigenvalue weighted by atomic mass is 32.1. The number of Topliss-reactive ketones (excluding diaryl/α,β-unsaturated/α-hetero) is 1. The summed E-state index contributed by atoms with van der Waals surface area (Å²) in [6.45, 7) is 2.81. The van der Waals surface area contributed by atoms with Crippen LogP contribution in [-0.2, 0) is 13.5 Å². The molecule has 0 radical (unpaired) electrons. The number of ketones is 1. The van der Waals surface area contributed by atoms with E-state index in [0.29, 0.717) is 23.4 Å². The number of aromatic nitrogens is 5. The molecule has 1 fully saturated rings. The zero-order valence-electron chi connectivity index (χ0n) is 14.8. The Hall–Kier alpha value is -2.55. The third-order valence-corrected chi connectivity index (χ3v) is 5.67. The molecule has 0 spiro atoms. The summed E-state index contributed by atoms with van der Waals surface area (Å²) in [4.78, 5) is 32.0. The Balaban J connectivity index is 1.60. The zero-order chi connectivity index (χ0) is 18.3. The van der Waals surface area contributed by atoms with Crippen LogP contribution in [0.5, 0.6) is 0 Å². The summed E-state index contributed by atoms with van der Waals surface area (Å²) in [6.07, 6.45) is 6.42. The number of anilines is 1. The largest absolute Gasteiger partial charge is 0.343 e. The molecule has 3 aromatic rings. The van der Waals surface area contributed by atoms with Crippen LogP contribution in [0.1, 0.15) is 42.2 Å². The average molecular weight is 372 g/mol. The quantitative estimate of drug-likeness (QED) is 0.634. The molecular formula is C17H20N6O2S. The van der Waals surface area contributed by atoms with Gasteiger partial charge in [-0.2, -0.15) is 9.61 Å². The molecule has 0 N–H and O–H groups in total. The lowest BCUT2D eigenvalue weighted by Gasteiger charge is -2.22. The van der Waals surface area contributed by atoms with Crippen LogP contribution < -0.4 is 10.5 Å². The number of aryl methyl sites for hydroxylation is 2. The summed E-state index contributed by atoms with van der Waals surface area (Å²) in [7, 11) is 1.80. The van der Waals surface area contributed by atoms with Gasteiger partial charge in [-0.05, 0) is 19.3 Å². The van der Waals surface area contributed by atoms with Crippen molar-refractivity contribution in [1.82, 2.24) is 24.4 Å². The summed E-state index contributed by atoms with van der Waals surface area (Å²) >= 11 is 1.41. The second kappa shape index (κ2) is 6.64. The van der Waals surface area contributed by atoms with Crippen LogP contribution in [0.25, 0.3) is 4.96 Å². The van der Waals surface area contributed by atoms with E-state index < -0.39 is 0 Å². The first-order valence-electron chi connectivity index (χ1n) is 8.73. The average Bonchev–Trinajstić information content (AvgIpc) is 3.33. The number of nitrogens with zero attached hydrogens (tertiary/aromatic N) is 6. The molecule has 8 nitrogen and oxygen atoms in total. The van der Waals surface area contributed by atoms with Crippen LogP contribution in [0.3, 0.4) is 0 Å². The highest BCUT2D eigenvalue weighted by Crippen LogP contribution is 2.31. The molecule has 26 heavy (non-hydrogen) atoms. The maximum Gasteiger partial charge on any atom is 0.275 e. The van der Waals surface area contributed by atoms with Crippen molar-refractivity contribution in [3.8, 4) is 0 Å². The van der Waals surface area contributed by atoms with Crippen LogP contribution in [0.4, 0.5) is 5.13 Å². The first-order chi connectivity index (χ1) is 12.5. The highest BCUT2D eigenvalue weighted by Gasteiger charge is 2.30. The lowest BCUT2D eigenvalue weighted by Crippen LogP contribution is -2.31. The van der Waals surface area contributed by atoms with E-state index in [9.17, 15) is 9.59 Å². The van der Waals surface area contributed by atoms with Crippen molar-refractivity contribution in [3.05, 3.63) is 40.1 Å². The Morgan fingerprint density at radius 2 is 2.27 bits per heavy atom. The van der Waals surface area contributed by atoms with Crippen molar-refractivity contribution in [1.29, 1.82) is 0 Å². The molecule has 3 aromatic heterocycles. The molecule has 0 aliphatic carbocycles. The predicted molar refractivity (Wildman–Crippen MR) is 99.0 cm³/mol. The van der Waals surface area contributed by atoms with Gasteiger partial charge in [0.15, 0.2) is 5.78 Å². The van der Waals surface area contributed by atoms with E-state index in [-0.39, 0.29) is 17.4 Å². The molecule has 0 amide bonds. The van der Waals surface area contributed by atoms with E-state index in [2.05, 4.69) is 20.1 Å². The fraction of sp³-hybridized carbons (Fsp3) is 0.471. The second-order valence-corrected chi connectivity index (χ2v) is 7.47. The van der Waals surface area contributed by atoms with Crippen molar-refractivity contribution < 1.29 is 4.79 Å². The van der Waals surface area contributed by atoms with Gasteiger partial charge in [0.05, 0.1) is 11.8 Å². The van der Waals surface area contributed by atoms with Crippen LogP contribution in [0.2, 0.25) is 0 Å². The smallest absolute Gasteiger partial charge is 0.275 e. The molecule has 1 atom stereocenters. The van der Waals surface area contributed by atoms with Gasteiger partial charge in [-0.3, -0.25) is 14.3 Å². The van der Waals surface area contributed by atoms with Crippen LogP contribution in [0, 0.1) is 0 Å². The fourth-order valence-corrected chi connectivity index (χ4v) is 4.36. The lowest BCUT2D eigenvalue weighted by atomic mass is 10.0. The van der Waals surface area contributed by atoms with Crippen molar-refractivity contribution in [2.75, 3.05) is 11.4 Å². The monoisotopic (exact) mass is 372 g/mol.